The Balaban J connectivity index is 2.72. The Kier molecular flexibility index (Phi) is 4.26. The molecule has 0 aliphatic heterocycles. The average Bonchev–Trinajstić information content (AvgIpc) is 2.79. The van der Waals surface area contributed by atoms with Gasteiger partial charge in [-0.2, -0.15) is 0 Å². The lowest BCUT2D eigenvalue weighted by atomic mass is 10.1. The number of rotatable bonds is 4. The first-order valence-corrected chi connectivity index (χ1v) is 7.93. The molecular formula is C12H14N2O3S2. The molecule has 2 rings (SSSR count). The molecule has 0 saturated heterocycles. The van der Waals surface area contributed by atoms with Gasteiger partial charge in [-0.25, -0.2) is 9.78 Å². The van der Waals surface area contributed by atoms with Gasteiger partial charge in [0, 0.05) is 0 Å². The van der Waals surface area contributed by atoms with E-state index in [1.807, 2.05) is 13.2 Å². The number of carbonyl (C=O) groups excluding carboxylic acids is 1. The molecule has 0 bridgehead atoms. The van der Waals surface area contributed by atoms with Crippen LogP contribution >= 0.6 is 23.1 Å². The minimum atomic E-state index is -0.568. The Morgan fingerprint density at radius 1 is 1.47 bits per heavy atom. The number of fused-ring (bicyclic) bond motifs is 1. The number of thioether (sulfide) groups is 1. The molecule has 0 aromatic carbocycles. The lowest BCUT2D eigenvalue weighted by Gasteiger charge is -2.06. The second-order valence-corrected chi connectivity index (χ2v) is 5.80. The van der Waals surface area contributed by atoms with Crippen molar-refractivity contribution in [2.24, 2.45) is 0 Å². The van der Waals surface area contributed by atoms with Crippen LogP contribution < -0.4 is 5.56 Å². The van der Waals surface area contributed by atoms with E-state index in [0.717, 1.165) is 14.6 Å². The number of aryl methyl sites for hydroxylation is 1. The minimum absolute atomic E-state index is 0.105. The second-order valence-electron chi connectivity index (χ2n) is 3.74. The number of nitrogens with one attached hydrogen (secondary N) is 1. The Morgan fingerprint density at radius 3 is 2.79 bits per heavy atom. The summed E-state index contributed by atoms with van der Waals surface area (Å²) in [5.41, 5.74) is 0.938. The van der Waals surface area contributed by atoms with Gasteiger partial charge in [0.1, 0.15) is 5.56 Å². The summed E-state index contributed by atoms with van der Waals surface area (Å²) in [7, 11) is 0. The van der Waals surface area contributed by atoms with Crippen molar-refractivity contribution >= 4 is 39.4 Å². The van der Waals surface area contributed by atoms with E-state index in [9.17, 15) is 9.59 Å². The van der Waals surface area contributed by atoms with Gasteiger partial charge < -0.3 is 9.72 Å². The third-order valence-electron chi connectivity index (χ3n) is 2.65. The number of aromatic nitrogens is 2. The molecule has 0 fully saturated rings. The number of H-pyrrole nitrogens is 1. The maximum atomic E-state index is 12.0. The van der Waals surface area contributed by atoms with Crippen LogP contribution in [-0.2, 0) is 11.2 Å². The molecule has 0 radical (unpaired) electrons. The molecule has 0 unspecified atom stereocenters. The smallest absolute Gasteiger partial charge is 0.344 e. The molecular weight excluding hydrogens is 284 g/mol. The summed E-state index contributed by atoms with van der Waals surface area (Å²) in [6.45, 7) is 3.88. The summed E-state index contributed by atoms with van der Waals surface area (Å²) in [5, 5.41) is 0. The largest absolute Gasteiger partial charge is 0.462 e. The van der Waals surface area contributed by atoms with Crippen molar-refractivity contribution in [3.63, 3.8) is 0 Å². The average molecular weight is 298 g/mol. The van der Waals surface area contributed by atoms with E-state index in [4.69, 9.17) is 4.74 Å². The van der Waals surface area contributed by atoms with Crippen LogP contribution in [0.4, 0.5) is 0 Å². The van der Waals surface area contributed by atoms with Crippen LogP contribution in [0.1, 0.15) is 29.8 Å². The molecule has 2 heterocycles. The number of esters is 1. The lowest BCUT2D eigenvalue weighted by Crippen LogP contribution is -2.22. The van der Waals surface area contributed by atoms with Crippen molar-refractivity contribution in [1.82, 2.24) is 9.97 Å². The fraction of sp³-hybridized carbons (Fsp3) is 0.417. The number of thiazole rings is 1. The summed E-state index contributed by atoms with van der Waals surface area (Å²) in [6.07, 6.45) is 2.51. The topological polar surface area (TPSA) is 72.0 Å². The highest BCUT2D eigenvalue weighted by atomic mass is 32.2. The predicted molar refractivity (Wildman–Crippen MR) is 77.4 cm³/mol. The van der Waals surface area contributed by atoms with E-state index in [0.29, 0.717) is 12.1 Å². The third kappa shape index (κ3) is 2.52. The molecule has 5 nitrogen and oxygen atoms in total. The molecule has 102 valence electrons. The van der Waals surface area contributed by atoms with Crippen LogP contribution in [0.3, 0.4) is 0 Å². The molecule has 7 heteroatoms. The van der Waals surface area contributed by atoms with Crippen LogP contribution in [0.25, 0.3) is 10.3 Å². The van der Waals surface area contributed by atoms with Crippen molar-refractivity contribution < 1.29 is 9.53 Å². The maximum Gasteiger partial charge on any atom is 0.344 e. The fourth-order valence-electron chi connectivity index (χ4n) is 1.85. The van der Waals surface area contributed by atoms with Crippen molar-refractivity contribution in [3.8, 4) is 0 Å². The first-order chi connectivity index (χ1) is 9.12. The minimum Gasteiger partial charge on any atom is -0.462 e. The zero-order valence-corrected chi connectivity index (χ0v) is 12.5. The maximum absolute atomic E-state index is 12.0. The number of ether oxygens (including phenoxy) is 1. The van der Waals surface area contributed by atoms with Crippen LogP contribution in [0.5, 0.6) is 0 Å². The number of hydrogen-bond acceptors (Lipinski definition) is 6. The Bertz CT molecular complexity index is 675. The highest BCUT2D eigenvalue weighted by molar-refractivity contribution is 8.00. The van der Waals surface area contributed by atoms with Crippen molar-refractivity contribution in [2.75, 3.05) is 12.9 Å². The fourth-order valence-corrected chi connectivity index (χ4v) is 3.49. The van der Waals surface area contributed by atoms with E-state index in [1.165, 1.54) is 23.1 Å². The summed E-state index contributed by atoms with van der Waals surface area (Å²) in [6, 6.07) is 0. The van der Waals surface area contributed by atoms with Gasteiger partial charge in [-0.3, -0.25) is 4.79 Å². The summed E-state index contributed by atoms with van der Waals surface area (Å²) in [4.78, 5) is 30.9. The Morgan fingerprint density at radius 2 is 2.21 bits per heavy atom. The molecule has 0 atom stereocenters. The van der Waals surface area contributed by atoms with Crippen LogP contribution in [0, 0.1) is 0 Å². The molecule has 2 aromatic rings. The first kappa shape index (κ1) is 14.1. The van der Waals surface area contributed by atoms with Crippen LogP contribution in [0.15, 0.2) is 9.13 Å². The van der Waals surface area contributed by atoms with E-state index in [2.05, 4.69) is 9.97 Å². The van der Waals surface area contributed by atoms with Gasteiger partial charge in [0.25, 0.3) is 5.56 Å². The molecule has 1 N–H and O–H groups in total. The van der Waals surface area contributed by atoms with Gasteiger partial charge in [0.2, 0.25) is 0 Å². The Labute approximate surface area is 118 Å². The van der Waals surface area contributed by atoms with Gasteiger partial charge in [-0.15, -0.1) is 11.3 Å². The third-order valence-corrected chi connectivity index (χ3v) is 4.75. The number of pyridine rings is 1. The molecule has 0 aliphatic carbocycles. The van der Waals surface area contributed by atoms with Crippen LogP contribution in [-0.4, -0.2) is 28.8 Å². The molecule has 0 spiro atoms. The quantitative estimate of drug-likeness (QED) is 0.693. The number of nitrogens with zero attached hydrogens (tertiary/aromatic N) is 1. The van der Waals surface area contributed by atoms with E-state index < -0.39 is 11.5 Å². The lowest BCUT2D eigenvalue weighted by molar-refractivity contribution is 0.0523. The standard InChI is InChI=1S/C12H14N2O3S2/c1-4-6-7(11(16)17-5-2)10(15)13-9-8(6)19-12(14-9)18-3/h4-5H2,1-3H3,(H,13,15). The van der Waals surface area contributed by atoms with Gasteiger partial charge in [-0.1, -0.05) is 18.7 Å². The number of carbonyl (C=O) groups is 1. The molecule has 0 saturated carbocycles. The number of aromatic amines is 1. The normalized spacial score (nSPS) is 10.9. The monoisotopic (exact) mass is 298 g/mol. The molecule has 2 aromatic heterocycles. The van der Waals surface area contributed by atoms with Gasteiger partial charge in [0.05, 0.1) is 11.3 Å². The zero-order valence-electron chi connectivity index (χ0n) is 10.9. The predicted octanol–water partition coefficient (Wildman–Crippen LogP) is 2.45. The van der Waals surface area contributed by atoms with Crippen LogP contribution in [0.2, 0.25) is 0 Å². The van der Waals surface area contributed by atoms with Gasteiger partial charge in [-0.05, 0) is 25.2 Å². The van der Waals surface area contributed by atoms with E-state index in [1.54, 1.807) is 6.92 Å². The second kappa shape index (κ2) is 5.75. The first-order valence-electron chi connectivity index (χ1n) is 5.89. The van der Waals surface area contributed by atoms with E-state index in [-0.39, 0.29) is 12.2 Å². The van der Waals surface area contributed by atoms with Crippen molar-refractivity contribution in [2.45, 2.75) is 24.6 Å². The molecule has 0 amide bonds. The molecule has 19 heavy (non-hydrogen) atoms. The summed E-state index contributed by atoms with van der Waals surface area (Å²) in [5.74, 6) is -0.568. The highest BCUT2D eigenvalue weighted by Gasteiger charge is 2.21. The SMILES string of the molecule is CCOC(=O)c1c(CC)c2sc(SC)nc2[nH]c1=O. The summed E-state index contributed by atoms with van der Waals surface area (Å²) >= 11 is 2.99. The van der Waals surface area contributed by atoms with Gasteiger partial charge >= 0.3 is 5.97 Å². The highest BCUT2D eigenvalue weighted by Crippen LogP contribution is 2.30. The van der Waals surface area contributed by atoms with Crippen molar-refractivity contribution in [1.29, 1.82) is 0 Å². The summed E-state index contributed by atoms with van der Waals surface area (Å²) < 4.78 is 6.67. The van der Waals surface area contributed by atoms with Gasteiger partial charge in [0.15, 0.2) is 9.99 Å². The zero-order chi connectivity index (χ0) is 14.0. The molecule has 0 aliphatic rings. The number of hydrogen-bond donors (Lipinski definition) is 1. The van der Waals surface area contributed by atoms with E-state index >= 15 is 0 Å². The Hall–Kier alpha value is -1.34. The van der Waals surface area contributed by atoms with Crippen molar-refractivity contribution in [3.05, 3.63) is 21.5 Å².